The smallest absolute Gasteiger partial charge is 0.321 e. The minimum Gasteiger partial charge on any atom is -0.468 e. The number of carbonyl (C=O) groups is 1. The molecule has 2 N–H and O–H groups in total. The van der Waals surface area contributed by atoms with Crippen molar-refractivity contribution in [1.29, 1.82) is 0 Å². The van der Waals surface area contributed by atoms with Crippen LogP contribution in [0.15, 0.2) is 29.2 Å². The van der Waals surface area contributed by atoms with E-state index >= 15 is 0 Å². The van der Waals surface area contributed by atoms with Gasteiger partial charge in [-0.2, -0.15) is 4.31 Å². The summed E-state index contributed by atoms with van der Waals surface area (Å²) in [5.41, 5.74) is 5.90. The Morgan fingerprint density at radius 3 is 2.61 bits per heavy atom. The van der Waals surface area contributed by atoms with Crippen LogP contribution in [-0.4, -0.2) is 38.9 Å². The molecule has 0 amide bonds. The predicted octanol–water partition coefficient (Wildman–Crippen LogP) is 0.452. The number of sulfonamides is 1. The second-order valence-electron chi connectivity index (χ2n) is 3.58. The van der Waals surface area contributed by atoms with Crippen LogP contribution in [0.5, 0.6) is 0 Å². The van der Waals surface area contributed by atoms with Crippen molar-refractivity contribution in [2.75, 3.05) is 25.9 Å². The van der Waals surface area contributed by atoms with E-state index < -0.39 is 16.0 Å². The molecule has 0 aliphatic heterocycles. The molecule has 0 bridgehead atoms. The molecule has 0 saturated heterocycles. The minimum absolute atomic E-state index is 0.0632. The second kappa shape index (κ2) is 5.83. The Labute approximate surface area is 106 Å². The average Bonchev–Trinajstić information content (AvgIpc) is 2.35. The van der Waals surface area contributed by atoms with Gasteiger partial charge in [-0.25, -0.2) is 8.42 Å². The number of nitrogen functional groups attached to an aromatic ring is 1. The number of likely N-dealkylation sites (N-methyl/N-ethyl adjacent to an activating group) is 1. The molecule has 0 fully saturated rings. The number of esters is 1. The third kappa shape index (κ3) is 3.21. The summed E-state index contributed by atoms with van der Waals surface area (Å²) in [5.74, 6) is -0.607. The zero-order chi connectivity index (χ0) is 13.8. The zero-order valence-electron chi connectivity index (χ0n) is 10.3. The SMILES string of the molecule is CCN(CC(=O)OC)S(=O)(=O)c1cccc(N)c1. The van der Waals surface area contributed by atoms with E-state index in [1.54, 1.807) is 19.1 Å². The fourth-order valence-corrected chi connectivity index (χ4v) is 2.85. The predicted molar refractivity (Wildman–Crippen MR) is 67.3 cm³/mol. The molecule has 1 aromatic rings. The quantitative estimate of drug-likeness (QED) is 0.621. The zero-order valence-corrected chi connectivity index (χ0v) is 11.1. The number of nitrogens with zero attached hydrogens (tertiary/aromatic N) is 1. The molecule has 0 spiro atoms. The molecule has 0 saturated carbocycles. The third-order valence-electron chi connectivity index (χ3n) is 2.38. The Morgan fingerprint density at radius 2 is 2.11 bits per heavy atom. The average molecular weight is 272 g/mol. The van der Waals surface area contributed by atoms with E-state index in [1.165, 1.54) is 19.2 Å². The lowest BCUT2D eigenvalue weighted by atomic mass is 10.3. The molecule has 0 radical (unpaired) electrons. The van der Waals surface area contributed by atoms with Gasteiger partial charge in [-0.1, -0.05) is 13.0 Å². The fraction of sp³-hybridized carbons (Fsp3) is 0.364. The summed E-state index contributed by atoms with van der Waals surface area (Å²) < 4.78 is 30.0. The highest BCUT2D eigenvalue weighted by atomic mass is 32.2. The van der Waals surface area contributed by atoms with Crippen molar-refractivity contribution in [3.8, 4) is 0 Å². The molecular weight excluding hydrogens is 256 g/mol. The number of rotatable bonds is 5. The maximum Gasteiger partial charge on any atom is 0.321 e. The summed E-state index contributed by atoms with van der Waals surface area (Å²) in [6.45, 7) is 1.50. The summed E-state index contributed by atoms with van der Waals surface area (Å²) in [6.07, 6.45) is 0. The van der Waals surface area contributed by atoms with E-state index in [2.05, 4.69) is 4.74 Å². The molecule has 1 rings (SSSR count). The molecule has 0 atom stereocenters. The third-order valence-corrected chi connectivity index (χ3v) is 4.30. The van der Waals surface area contributed by atoms with Gasteiger partial charge < -0.3 is 10.5 Å². The van der Waals surface area contributed by atoms with Crippen LogP contribution in [-0.2, 0) is 19.6 Å². The summed E-state index contributed by atoms with van der Waals surface area (Å²) in [7, 11) is -2.51. The van der Waals surface area contributed by atoms with Crippen LogP contribution in [0.2, 0.25) is 0 Å². The van der Waals surface area contributed by atoms with E-state index in [9.17, 15) is 13.2 Å². The first-order chi connectivity index (χ1) is 8.41. The number of methoxy groups -OCH3 is 1. The van der Waals surface area contributed by atoms with E-state index in [-0.39, 0.29) is 18.0 Å². The van der Waals surface area contributed by atoms with Crippen LogP contribution in [0, 0.1) is 0 Å². The van der Waals surface area contributed by atoms with E-state index in [0.29, 0.717) is 5.69 Å². The molecule has 6 nitrogen and oxygen atoms in total. The summed E-state index contributed by atoms with van der Waals surface area (Å²) in [6, 6.07) is 5.94. The van der Waals surface area contributed by atoms with Gasteiger partial charge in [0.25, 0.3) is 0 Å². The molecule has 1 aromatic carbocycles. The van der Waals surface area contributed by atoms with Gasteiger partial charge in [0.2, 0.25) is 10.0 Å². The number of nitrogens with two attached hydrogens (primary N) is 1. The van der Waals surface area contributed by atoms with Crippen LogP contribution in [0.25, 0.3) is 0 Å². The van der Waals surface area contributed by atoms with Crippen molar-refractivity contribution in [2.24, 2.45) is 0 Å². The first-order valence-electron chi connectivity index (χ1n) is 5.34. The van der Waals surface area contributed by atoms with Gasteiger partial charge in [0.1, 0.15) is 6.54 Å². The van der Waals surface area contributed by atoms with Gasteiger partial charge in [0.05, 0.1) is 12.0 Å². The summed E-state index contributed by atoms with van der Waals surface area (Å²) in [4.78, 5) is 11.2. The molecule has 0 aliphatic rings. The molecular formula is C11H16N2O4S. The highest BCUT2D eigenvalue weighted by molar-refractivity contribution is 7.89. The molecule has 7 heteroatoms. The van der Waals surface area contributed by atoms with Crippen molar-refractivity contribution in [3.63, 3.8) is 0 Å². The van der Waals surface area contributed by atoms with Crippen LogP contribution in [0.1, 0.15) is 6.92 Å². The molecule has 0 unspecified atom stereocenters. The summed E-state index contributed by atoms with van der Waals surface area (Å²) in [5, 5.41) is 0. The van der Waals surface area contributed by atoms with Crippen molar-refractivity contribution < 1.29 is 17.9 Å². The van der Waals surface area contributed by atoms with Gasteiger partial charge in [0.15, 0.2) is 0 Å². The molecule has 0 aliphatic carbocycles. The number of carbonyl (C=O) groups excluding carboxylic acids is 1. The van der Waals surface area contributed by atoms with E-state index in [4.69, 9.17) is 5.73 Å². The number of benzene rings is 1. The second-order valence-corrected chi connectivity index (χ2v) is 5.52. The normalized spacial score (nSPS) is 11.5. The van der Waals surface area contributed by atoms with Crippen LogP contribution in [0.3, 0.4) is 0 Å². The lowest BCUT2D eigenvalue weighted by Crippen LogP contribution is -2.36. The van der Waals surface area contributed by atoms with Crippen molar-refractivity contribution in [3.05, 3.63) is 24.3 Å². The van der Waals surface area contributed by atoms with Crippen LogP contribution < -0.4 is 5.73 Å². The molecule has 18 heavy (non-hydrogen) atoms. The van der Waals surface area contributed by atoms with Crippen molar-refractivity contribution in [2.45, 2.75) is 11.8 Å². The van der Waals surface area contributed by atoms with Crippen LogP contribution in [0.4, 0.5) is 5.69 Å². The first kappa shape index (κ1) is 14.5. The first-order valence-corrected chi connectivity index (χ1v) is 6.78. The minimum atomic E-state index is -3.73. The summed E-state index contributed by atoms with van der Waals surface area (Å²) >= 11 is 0. The monoisotopic (exact) mass is 272 g/mol. The maximum absolute atomic E-state index is 12.2. The lowest BCUT2D eigenvalue weighted by Gasteiger charge is -2.19. The van der Waals surface area contributed by atoms with Gasteiger partial charge in [-0.3, -0.25) is 4.79 Å². The van der Waals surface area contributed by atoms with E-state index in [0.717, 1.165) is 4.31 Å². The number of ether oxygens (including phenoxy) is 1. The number of hydrogen-bond donors (Lipinski definition) is 1. The topological polar surface area (TPSA) is 89.7 Å². The van der Waals surface area contributed by atoms with Crippen LogP contribution >= 0.6 is 0 Å². The van der Waals surface area contributed by atoms with Crippen molar-refractivity contribution >= 4 is 21.7 Å². The molecule has 0 heterocycles. The van der Waals surface area contributed by atoms with Gasteiger partial charge >= 0.3 is 5.97 Å². The Kier molecular flexibility index (Phi) is 4.69. The highest BCUT2D eigenvalue weighted by Crippen LogP contribution is 2.17. The molecule has 0 aromatic heterocycles. The van der Waals surface area contributed by atoms with Gasteiger partial charge in [0, 0.05) is 12.2 Å². The van der Waals surface area contributed by atoms with Gasteiger partial charge in [-0.05, 0) is 18.2 Å². The molecule has 100 valence electrons. The number of anilines is 1. The Balaban J connectivity index is 3.07. The van der Waals surface area contributed by atoms with E-state index in [1.807, 2.05) is 0 Å². The highest BCUT2D eigenvalue weighted by Gasteiger charge is 2.25. The standard InChI is InChI=1S/C11H16N2O4S/c1-3-13(8-11(14)17-2)18(15,16)10-6-4-5-9(12)7-10/h4-7H,3,8,12H2,1-2H3. The largest absolute Gasteiger partial charge is 0.468 e. The fourth-order valence-electron chi connectivity index (χ4n) is 1.40. The Hall–Kier alpha value is -1.60. The maximum atomic E-state index is 12.2. The van der Waals surface area contributed by atoms with Crippen molar-refractivity contribution in [1.82, 2.24) is 4.31 Å². The number of hydrogen-bond acceptors (Lipinski definition) is 5. The lowest BCUT2D eigenvalue weighted by molar-refractivity contribution is -0.140. The Morgan fingerprint density at radius 1 is 1.44 bits per heavy atom. The Bertz CT molecular complexity index is 528. The van der Waals surface area contributed by atoms with Gasteiger partial charge in [-0.15, -0.1) is 0 Å².